The molecule has 2 unspecified atom stereocenters. The third-order valence-corrected chi connectivity index (χ3v) is 6.32. The Morgan fingerprint density at radius 3 is 1.05 bits per heavy atom. The number of nitrogens with two attached hydrogens (primary N) is 2. The summed E-state index contributed by atoms with van der Waals surface area (Å²) in [5.41, 5.74) is 10.8. The fraction of sp³-hybridized carbons (Fsp3) is 0.800. The van der Waals surface area contributed by atoms with Crippen molar-refractivity contribution in [3.63, 3.8) is 0 Å². The van der Waals surface area contributed by atoms with Crippen molar-refractivity contribution in [3.05, 3.63) is 0 Å². The Balaban J connectivity index is -0.000000348. The van der Waals surface area contributed by atoms with E-state index in [-0.39, 0.29) is 97.6 Å². The van der Waals surface area contributed by atoms with E-state index >= 15 is 0 Å². The molecule has 244 valence electrons. The largest absolute Gasteiger partial charge is 1.00 e. The first-order valence-corrected chi connectivity index (χ1v) is 15.3. The van der Waals surface area contributed by atoms with Gasteiger partial charge >= 0.3 is 83.0 Å². The Kier molecular flexibility index (Phi) is 39.8. The summed E-state index contributed by atoms with van der Waals surface area (Å²) < 4.78 is 9.15. The summed E-state index contributed by atoms with van der Waals surface area (Å²) in [4.78, 5) is 66.1. The molecule has 12 nitrogen and oxygen atoms in total. The molecule has 2 atom stereocenters. The molecule has 0 aromatic rings. The van der Waals surface area contributed by atoms with Crippen LogP contribution in [0.2, 0.25) is 0 Å². The van der Waals surface area contributed by atoms with Gasteiger partial charge in [0.15, 0.2) is 0 Å². The van der Waals surface area contributed by atoms with Crippen molar-refractivity contribution in [2.75, 3.05) is 0 Å². The molecule has 0 saturated carbocycles. The normalized spacial score (nSPS) is 11.4. The minimum absolute atomic E-state index is 0. The van der Waals surface area contributed by atoms with Crippen LogP contribution in [0.5, 0.6) is 0 Å². The van der Waals surface area contributed by atoms with Crippen LogP contribution in [0.25, 0.3) is 0 Å². The van der Waals surface area contributed by atoms with Crippen molar-refractivity contribution in [1.82, 2.24) is 0 Å². The van der Waals surface area contributed by atoms with E-state index in [0.717, 1.165) is 38.5 Å². The predicted molar refractivity (Wildman–Crippen MR) is 152 cm³/mol. The first-order chi connectivity index (χ1) is 19.9. The van der Waals surface area contributed by atoms with Crippen molar-refractivity contribution in [2.24, 2.45) is 11.5 Å². The molecular weight excluding hydrogens is 594 g/mol. The Bertz CT molecular complexity index is 736. The van der Waals surface area contributed by atoms with E-state index in [2.05, 4.69) is 23.3 Å². The van der Waals surface area contributed by atoms with Crippen molar-refractivity contribution < 1.29 is 108 Å². The molecule has 0 amide bonds. The Hall–Kier alpha value is -0.860. The number of carboxylic acids is 2. The number of hydrogen-bond donors (Lipinski definition) is 2. The van der Waals surface area contributed by atoms with Crippen molar-refractivity contribution in [3.8, 4) is 0 Å². The van der Waals surface area contributed by atoms with Gasteiger partial charge in [-0.1, -0.05) is 90.9 Å². The van der Waals surface area contributed by atoms with Crippen LogP contribution in [0.3, 0.4) is 0 Å². The molecule has 0 aliphatic rings. The van der Waals surface area contributed by atoms with Gasteiger partial charge in [-0.25, -0.2) is 9.59 Å². The summed E-state index contributed by atoms with van der Waals surface area (Å²) in [7, 11) is 0. The SMILES string of the molecule is CCCCCCCCCC(=O)OC(=O)C(N)CCC(=O)[O-].CCCCCCCCCC(=O)OC(=O)C(N)CCC(=O)[O-].[Na+].[Na+]. The summed E-state index contributed by atoms with van der Waals surface area (Å²) in [5.74, 6) is -5.51. The number of ether oxygens (including phenoxy) is 2. The number of carboxylic acid groups (broad SMARTS) is 2. The third kappa shape index (κ3) is 35.6. The van der Waals surface area contributed by atoms with Gasteiger partial charge in [-0.3, -0.25) is 9.59 Å². The van der Waals surface area contributed by atoms with Gasteiger partial charge in [-0.05, 0) is 38.5 Å². The third-order valence-electron chi connectivity index (χ3n) is 6.32. The summed E-state index contributed by atoms with van der Waals surface area (Å²) >= 11 is 0. The first kappa shape index (κ1) is 50.0. The molecule has 44 heavy (non-hydrogen) atoms. The molecule has 0 rings (SSSR count). The maximum absolute atomic E-state index is 11.4. The summed E-state index contributed by atoms with van der Waals surface area (Å²) in [6.45, 7) is 4.31. The number of carbonyl (C=O) groups excluding carboxylic acids is 6. The second-order valence-electron chi connectivity index (χ2n) is 10.4. The summed E-state index contributed by atoms with van der Waals surface area (Å²) in [5, 5.41) is 20.5. The van der Waals surface area contributed by atoms with Gasteiger partial charge in [0.1, 0.15) is 12.1 Å². The first-order valence-electron chi connectivity index (χ1n) is 15.3. The fourth-order valence-electron chi connectivity index (χ4n) is 3.71. The zero-order valence-corrected chi connectivity index (χ0v) is 31.5. The Labute approximate surface area is 307 Å². The van der Waals surface area contributed by atoms with E-state index in [9.17, 15) is 39.0 Å². The smallest absolute Gasteiger partial charge is 0.550 e. The van der Waals surface area contributed by atoms with Gasteiger partial charge in [-0.2, -0.15) is 0 Å². The maximum atomic E-state index is 11.4. The number of unbranched alkanes of at least 4 members (excludes halogenated alkanes) is 12. The van der Waals surface area contributed by atoms with Crippen LogP contribution in [-0.2, 0) is 38.2 Å². The fourth-order valence-corrected chi connectivity index (χ4v) is 3.71. The second-order valence-corrected chi connectivity index (χ2v) is 10.4. The zero-order chi connectivity index (χ0) is 32.2. The summed E-state index contributed by atoms with van der Waals surface area (Å²) in [6.07, 6.45) is 14.6. The number of aliphatic carboxylic acids is 2. The predicted octanol–water partition coefficient (Wildman–Crippen LogP) is -3.88. The van der Waals surface area contributed by atoms with Crippen molar-refractivity contribution in [2.45, 2.75) is 154 Å². The Morgan fingerprint density at radius 1 is 0.500 bits per heavy atom. The molecular formula is C30H52N2Na2O10. The van der Waals surface area contributed by atoms with E-state index in [0.29, 0.717) is 12.8 Å². The van der Waals surface area contributed by atoms with Gasteiger partial charge in [-0.15, -0.1) is 0 Å². The van der Waals surface area contributed by atoms with Crippen LogP contribution >= 0.6 is 0 Å². The summed E-state index contributed by atoms with van der Waals surface area (Å²) in [6, 6.07) is -2.19. The zero-order valence-electron chi connectivity index (χ0n) is 27.5. The number of esters is 4. The van der Waals surface area contributed by atoms with E-state index in [4.69, 9.17) is 11.5 Å². The molecule has 0 fully saturated rings. The minimum atomic E-state index is -1.28. The van der Waals surface area contributed by atoms with E-state index in [1.165, 1.54) is 38.5 Å². The molecule has 0 aliphatic carbocycles. The molecule has 0 heterocycles. The van der Waals surface area contributed by atoms with Gasteiger partial charge < -0.3 is 40.7 Å². The van der Waals surface area contributed by atoms with Crippen LogP contribution < -0.4 is 80.8 Å². The topological polar surface area (TPSA) is 219 Å². The van der Waals surface area contributed by atoms with Crippen LogP contribution in [0.15, 0.2) is 0 Å². The molecule has 0 aromatic carbocycles. The van der Waals surface area contributed by atoms with Crippen LogP contribution in [0.1, 0.15) is 142 Å². The van der Waals surface area contributed by atoms with E-state index in [1.54, 1.807) is 0 Å². The van der Waals surface area contributed by atoms with Crippen LogP contribution in [0.4, 0.5) is 0 Å². The minimum Gasteiger partial charge on any atom is -0.550 e. The average molecular weight is 647 g/mol. The molecule has 0 saturated heterocycles. The van der Waals surface area contributed by atoms with Gasteiger partial charge in [0.2, 0.25) is 0 Å². The van der Waals surface area contributed by atoms with E-state index < -0.39 is 47.9 Å². The van der Waals surface area contributed by atoms with Crippen molar-refractivity contribution in [1.29, 1.82) is 0 Å². The molecule has 4 N–H and O–H groups in total. The molecule has 0 aliphatic heterocycles. The standard InChI is InChI=1S/2C15H27NO5.2Na/c2*1-2-3-4-5-6-7-8-9-14(19)21-15(20)12(16)10-11-13(17)18;;/h2*12H,2-11,16H2,1H3,(H,17,18);;/q;;2*+1/p-2. The van der Waals surface area contributed by atoms with Gasteiger partial charge in [0.05, 0.1) is 0 Å². The quantitative estimate of drug-likeness (QED) is 0.0445. The molecule has 0 bridgehead atoms. The number of carbonyl (C=O) groups is 6. The van der Waals surface area contributed by atoms with Crippen LogP contribution in [0, 0.1) is 0 Å². The van der Waals surface area contributed by atoms with Gasteiger partial charge in [0.25, 0.3) is 0 Å². The van der Waals surface area contributed by atoms with Gasteiger partial charge in [0, 0.05) is 24.8 Å². The van der Waals surface area contributed by atoms with Crippen LogP contribution in [-0.4, -0.2) is 47.9 Å². The number of hydrogen-bond acceptors (Lipinski definition) is 12. The molecule has 0 radical (unpaired) electrons. The second kappa shape index (κ2) is 35.0. The Morgan fingerprint density at radius 2 is 0.773 bits per heavy atom. The monoisotopic (exact) mass is 646 g/mol. The maximum Gasteiger partial charge on any atom is 1.00 e. The van der Waals surface area contributed by atoms with Crippen molar-refractivity contribution >= 4 is 35.8 Å². The molecule has 0 spiro atoms. The average Bonchev–Trinajstić information content (AvgIpc) is 2.93. The molecule has 0 aromatic heterocycles. The number of rotatable bonds is 24. The molecule has 14 heteroatoms. The van der Waals surface area contributed by atoms with E-state index in [1.807, 2.05) is 0 Å².